The lowest BCUT2D eigenvalue weighted by Crippen LogP contribution is -2.43. The van der Waals surface area contributed by atoms with Crippen LogP contribution >= 0.6 is 0 Å². The van der Waals surface area contributed by atoms with Crippen LogP contribution in [-0.4, -0.2) is 23.0 Å². The van der Waals surface area contributed by atoms with Gasteiger partial charge in [-0.15, -0.1) is 0 Å². The van der Waals surface area contributed by atoms with Crippen molar-refractivity contribution in [1.29, 1.82) is 0 Å². The van der Waals surface area contributed by atoms with Crippen LogP contribution in [0.4, 0.5) is 0 Å². The molecule has 1 heterocycles. The van der Waals surface area contributed by atoms with Gasteiger partial charge in [-0.1, -0.05) is 30.3 Å². The van der Waals surface area contributed by atoms with Gasteiger partial charge in [0, 0.05) is 18.1 Å². The van der Waals surface area contributed by atoms with Gasteiger partial charge in [-0.2, -0.15) is 0 Å². The third kappa shape index (κ3) is 2.13. The van der Waals surface area contributed by atoms with Crippen molar-refractivity contribution in [2.24, 2.45) is 5.73 Å². The first-order chi connectivity index (χ1) is 7.50. The maximum absolute atomic E-state index is 6.26. The van der Waals surface area contributed by atoms with E-state index < -0.39 is 0 Å². The first-order valence-electron chi connectivity index (χ1n) is 6.07. The fourth-order valence-corrected chi connectivity index (χ4v) is 2.65. The predicted octanol–water partition coefficient (Wildman–Crippen LogP) is 2.56. The van der Waals surface area contributed by atoms with Crippen molar-refractivity contribution in [1.82, 2.24) is 4.90 Å². The Kier molecular flexibility index (Phi) is 3.04. The fourth-order valence-electron chi connectivity index (χ4n) is 2.65. The Hall–Kier alpha value is -0.860. The summed E-state index contributed by atoms with van der Waals surface area (Å²) in [4.78, 5) is 2.52. The van der Waals surface area contributed by atoms with Crippen LogP contribution in [0.2, 0.25) is 0 Å². The van der Waals surface area contributed by atoms with Gasteiger partial charge in [0.25, 0.3) is 0 Å². The van der Waals surface area contributed by atoms with Crippen LogP contribution in [0.3, 0.4) is 0 Å². The molecule has 0 bridgehead atoms. The van der Waals surface area contributed by atoms with Gasteiger partial charge in [-0.3, -0.25) is 4.90 Å². The molecule has 88 valence electrons. The average Bonchev–Trinajstić information content (AvgIpc) is 2.61. The van der Waals surface area contributed by atoms with Crippen LogP contribution in [0, 0.1) is 0 Å². The first kappa shape index (κ1) is 11.6. The molecule has 2 rings (SSSR count). The highest BCUT2D eigenvalue weighted by Gasteiger charge is 2.38. The lowest BCUT2D eigenvalue weighted by molar-refractivity contribution is 0.117. The van der Waals surface area contributed by atoms with Crippen molar-refractivity contribution in [2.75, 3.05) is 6.54 Å². The minimum Gasteiger partial charge on any atom is -0.326 e. The molecule has 0 spiro atoms. The molecule has 2 nitrogen and oxygen atoms in total. The van der Waals surface area contributed by atoms with E-state index >= 15 is 0 Å². The molecule has 0 aliphatic carbocycles. The molecule has 1 aromatic carbocycles. The summed E-state index contributed by atoms with van der Waals surface area (Å²) >= 11 is 0. The quantitative estimate of drug-likeness (QED) is 0.785. The molecular formula is C14H22N2. The van der Waals surface area contributed by atoms with E-state index in [1.807, 2.05) is 0 Å². The molecule has 1 aliphatic rings. The highest BCUT2D eigenvalue weighted by Crippen LogP contribution is 2.36. The Balaban J connectivity index is 2.30. The van der Waals surface area contributed by atoms with Crippen LogP contribution < -0.4 is 5.73 Å². The Morgan fingerprint density at radius 2 is 1.81 bits per heavy atom. The Bertz CT molecular complexity index is 340. The van der Waals surface area contributed by atoms with Crippen LogP contribution in [0.15, 0.2) is 30.3 Å². The van der Waals surface area contributed by atoms with Crippen LogP contribution in [0.5, 0.6) is 0 Å². The highest BCUT2D eigenvalue weighted by molar-refractivity contribution is 5.22. The summed E-state index contributed by atoms with van der Waals surface area (Å²) in [5.74, 6) is 0. The van der Waals surface area contributed by atoms with Crippen molar-refractivity contribution in [3.8, 4) is 0 Å². The van der Waals surface area contributed by atoms with Crippen molar-refractivity contribution >= 4 is 0 Å². The summed E-state index contributed by atoms with van der Waals surface area (Å²) in [7, 11) is 0. The summed E-state index contributed by atoms with van der Waals surface area (Å²) in [5.41, 5.74) is 7.80. The summed E-state index contributed by atoms with van der Waals surface area (Å²) < 4.78 is 0. The normalized spacial score (nSPS) is 27.2. The van der Waals surface area contributed by atoms with Crippen LogP contribution in [0.25, 0.3) is 0 Å². The minimum absolute atomic E-state index is 0.189. The van der Waals surface area contributed by atoms with E-state index in [1.165, 1.54) is 5.56 Å². The Morgan fingerprint density at radius 3 is 2.38 bits per heavy atom. The zero-order valence-corrected chi connectivity index (χ0v) is 10.5. The van der Waals surface area contributed by atoms with Gasteiger partial charge >= 0.3 is 0 Å². The largest absolute Gasteiger partial charge is 0.326 e. The lowest BCUT2D eigenvalue weighted by atomic mass is 9.97. The minimum atomic E-state index is 0.189. The van der Waals surface area contributed by atoms with Gasteiger partial charge < -0.3 is 5.73 Å². The van der Waals surface area contributed by atoms with Gasteiger partial charge in [0.15, 0.2) is 0 Å². The topological polar surface area (TPSA) is 29.3 Å². The number of nitrogens with zero attached hydrogens (tertiary/aromatic N) is 1. The molecular weight excluding hydrogens is 196 g/mol. The molecule has 1 fully saturated rings. The second-order valence-corrected chi connectivity index (χ2v) is 5.67. The number of likely N-dealkylation sites (tertiary alicyclic amines) is 1. The predicted molar refractivity (Wildman–Crippen MR) is 68.2 cm³/mol. The summed E-state index contributed by atoms with van der Waals surface area (Å²) in [6.45, 7) is 7.90. The third-order valence-corrected chi connectivity index (χ3v) is 3.45. The van der Waals surface area contributed by atoms with E-state index in [2.05, 4.69) is 56.0 Å². The Morgan fingerprint density at radius 1 is 1.19 bits per heavy atom. The van der Waals surface area contributed by atoms with Gasteiger partial charge in [0.1, 0.15) is 0 Å². The molecule has 2 atom stereocenters. The number of nitrogens with two attached hydrogens (primary N) is 1. The molecule has 16 heavy (non-hydrogen) atoms. The SMILES string of the molecule is CC(C)(C)N1CCC(N)C1c1ccccc1. The van der Waals surface area contributed by atoms with Crippen molar-refractivity contribution in [3.63, 3.8) is 0 Å². The van der Waals surface area contributed by atoms with E-state index in [0.29, 0.717) is 6.04 Å². The van der Waals surface area contributed by atoms with Gasteiger partial charge in [-0.05, 0) is 32.8 Å². The molecule has 1 saturated heterocycles. The van der Waals surface area contributed by atoms with Crippen LogP contribution in [0.1, 0.15) is 38.8 Å². The molecule has 1 aliphatic heterocycles. The average molecular weight is 218 g/mol. The molecule has 2 unspecified atom stereocenters. The van der Waals surface area contributed by atoms with E-state index in [1.54, 1.807) is 0 Å². The summed E-state index contributed by atoms with van der Waals surface area (Å²) in [5, 5.41) is 0. The second kappa shape index (κ2) is 4.19. The molecule has 0 amide bonds. The van der Waals surface area contributed by atoms with Crippen molar-refractivity contribution < 1.29 is 0 Å². The first-order valence-corrected chi connectivity index (χ1v) is 6.07. The van der Waals surface area contributed by atoms with Crippen molar-refractivity contribution in [3.05, 3.63) is 35.9 Å². The number of hydrogen-bond donors (Lipinski definition) is 1. The highest BCUT2D eigenvalue weighted by atomic mass is 15.3. The molecule has 1 aromatic rings. The van der Waals surface area contributed by atoms with Gasteiger partial charge in [-0.25, -0.2) is 0 Å². The zero-order valence-electron chi connectivity index (χ0n) is 10.5. The molecule has 0 aromatic heterocycles. The van der Waals surface area contributed by atoms with Crippen LogP contribution in [-0.2, 0) is 0 Å². The van der Waals surface area contributed by atoms with E-state index in [9.17, 15) is 0 Å². The molecule has 0 saturated carbocycles. The van der Waals surface area contributed by atoms with E-state index in [-0.39, 0.29) is 11.6 Å². The lowest BCUT2D eigenvalue weighted by Gasteiger charge is -2.38. The monoisotopic (exact) mass is 218 g/mol. The second-order valence-electron chi connectivity index (χ2n) is 5.67. The van der Waals surface area contributed by atoms with E-state index in [0.717, 1.165) is 13.0 Å². The van der Waals surface area contributed by atoms with E-state index in [4.69, 9.17) is 5.73 Å². The number of hydrogen-bond acceptors (Lipinski definition) is 2. The third-order valence-electron chi connectivity index (χ3n) is 3.45. The number of benzene rings is 1. The van der Waals surface area contributed by atoms with Crippen molar-refractivity contribution in [2.45, 2.75) is 44.8 Å². The molecule has 2 N–H and O–H groups in total. The summed E-state index contributed by atoms with van der Waals surface area (Å²) in [6.07, 6.45) is 1.09. The Labute approximate surface area is 98.4 Å². The molecule has 2 heteroatoms. The molecule has 0 radical (unpaired) electrons. The zero-order chi connectivity index (χ0) is 11.8. The summed E-state index contributed by atoms with van der Waals surface area (Å²) in [6, 6.07) is 11.3. The maximum atomic E-state index is 6.26. The van der Waals surface area contributed by atoms with Gasteiger partial charge in [0.2, 0.25) is 0 Å². The fraction of sp³-hybridized carbons (Fsp3) is 0.571. The van der Waals surface area contributed by atoms with Gasteiger partial charge in [0.05, 0.1) is 6.04 Å². The number of rotatable bonds is 1. The standard InChI is InChI=1S/C14H22N2/c1-14(2,3)16-10-9-12(15)13(16)11-7-5-4-6-8-11/h4-8,12-13H,9-10,15H2,1-3H3. The smallest absolute Gasteiger partial charge is 0.0504 e. The maximum Gasteiger partial charge on any atom is 0.0504 e.